The number of nitrogens with two attached hydrogens (primary N) is 2. The van der Waals surface area contributed by atoms with E-state index in [2.05, 4.69) is 16.3 Å². The monoisotopic (exact) mass is 403 g/mol. The third-order valence-corrected chi connectivity index (χ3v) is 6.08. The van der Waals surface area contributed by atoms with Crippen LogP contribution in [0.3, 0.4) is 0 Å². The Balaban J connectivity index is 1.35. The standard InChI is InChI=1S/C21H33N5O3/c1-13-12-15(20(23)27)4-11-19(13)25-24-17-7-9-18(10-8-17)26-29-21(28)14-2-5-16(22)6-3-14/h4,11-12,14,16-18,24-26H,2-3,5-10,22H2,1H3,(H2,23,27). The van der Waals surface area contributed by atoms with Crippen molar-refractivity contribution in [2.24, 2.45) is 17.4 Å². The molecule has 0 aromatic heterocycles. The van der Waals surface area contributed by atoms with E-state index in [0.717, 1.165) is 62.6 Å². The van der Waals surface area contributed by atoms with Crippen LogP contribution in [0.5, 0.6) is 0 Å². The minimum Gasteiger partial charge on any atom is -0.370 e. The number of primary amides is 1. The Hall–Kier alpha value is -2.16. The first-order chi connectivity index (χ1) is 13.9. The quantitative estimate of drug-likeness (QED) is 0.439. The van der Waals surface area contributed by atoms with Crippen molar-refractivity contribution >= 4 is 17.6 Å². The molecule has 0 radical (unpaired) electrons. The molecule has 0 atom stereocenters. The molecule has 0 saturated heterocycles. The highest BCUT2D eigenvalue weighted by atomic mass is 16.7. The van der Waals surface area contributed by atoms with Crippen LogP contribution in [0.15, 0.2) is 18.2 Å². The average molecular weight is 404 g/mol. The van der Waals surface area contributed by atoms with Crippen molar-refractivity contribution < 1.29 is 14.4 Å². The number of amides is 1. The van der Waals surface area contributed by atoms with Crippen LogP contribution in [-0.4, -0.2) is 30.0 Å². The number of anilines is 1. The fourth-order valence-electron chi connectivity index (χ4n) is 4.07. The molecule has 2 fully saturated rings. The van der Waals surface area contributed by atoms with Gasteiger partial charge in [0.15, 0.2) is 0 Å². The Kier molecular flexibility index (Phi) is 7.46. The second-order valence-electron chi connectivity index (χ2n) is 8.36. The number of hydrogen-bond donors (Lipinski definition) is 5. The van der Waals surface area contributed by atoms with Crippen molar-refractivity contribution in [1.29, 1.82) is 0 Å². The lowest BCUT2D eigenvalue weighted by atomic mass is 9.87. The summed E-state index contributed by atoms with van der Waals surface area (Å²) in [5, 5.41) is 0. The lowest BCUT2D eigenvalue weighted by Gasteiger charge is -2.30. The Morgan fingerprint density at radius 3 is 2.28 bits per heavy atom. The van der Waals surface area contributed by atoms with Gasteiger partial charge in [-0.05, 0) is 82.1 Å². The largest absolute Gasteiger partial charge is 0.370 e. The summed E-state index contributed by atoms with van der Waals surface area (Å²) in [6, 6.07) is 6.11. The summed E-state index contributed by atoms with van der Waals surface area (Å²) in [5.74, 6) is -0.589. The number of carbonyl (C=O) groups is 2. The summed E-state index contributed by atoms with van der Waals surface area (Å²) in [5.41, 5.74) is 23.2. The third-order valence-electron chi connectivity index (χ3n) is 6.08. The van der Waals surface area contributed by atoms with Gasteiger partial charge in [0, 0.05) is 23.7 Å². The third kappa shape index (κ3) is 6.16. The fraction of sp³-hybridized carbons (Fsp3) is 0.619. The van der Waals surface area contributed by atoms with Gasteiger partial charge in [-0.3, -0.25) is 9.59 Å². The SMILES string of the molecule is Cc1cc(C(N)=O)ccc1NNC1CCC(NOC(=O)C2CCC(N)CC2)CC1. The first kappa shape index (κ1) is 21.5. The maximum Gasteiger partial charge on any atom is 0.327 e. The van der Waals surface area contributed by atoms with E-state index in [-0.39, 0.29) is 24.0 Å². The van der Waals surface area contributed by atoms with Crippen LogP contribution in [0.1, 0.15) is 67.3 Å². The molecule has 7 N–H and O–H groups in total. The summed E-state index contributed by atoms with van der Waals surface area (Å²) in [4.78, 5) is 28.8. The zero-order valence-corrected chi connectivity index (χ0v) is 17.1. The van der Waals surface area contributed by atoms with Gasteiger partial charge in [-0.15, -0.1) is 0 Å². The number of nitrogens with one attached hydrogen (secondary N) is 3. The predicted molar refractivity (Wildman–Crippen MR) is 112 cm³/mol. The minimum absolute atomic E-state index is 0.0197. The molecule has 0 spiro atoms. The topological polar surface area (TPSA) is 132 Å². The van der Waals surface area contributed by atoms with Gasteiger partial charge in [0.1, 0.15) is 0 Å². The van der Waals surface area contributed by atoms with E-state index in [1.807, 2.05) is 13.0 Å². The van der Waals surface area contributed by atoms with E-state index >= 15 is 0 Å². The molecule has 29 heavy (non-hydrogen) atoms. The molecule has 0 bridgehead atoms. The van der Waals surface area contributed by atoms with Crippen LogP contribution in [-0.2, 0) is 9.63 Å². The number of carbonyl (C=O) groups excluding carboxylic acids is 2. The maximum absolute atomic E-state index is 12.2. The molecule has 8 heteroatoms. The zero-order chi connectivity index (χ0) is 20.8. The Bertz CT molecular complexity index is 710. The van der Waals surface area contributed by atoms with Gasteiger partial charge in [-0.2, -0.15) is 5.48 Å². The maximum atomic E-state index is 12.2. The molecule has 0 aliphatic heterocycles. The summed E-state index contributed by atoms with van der Waals surface area (Å²) >= 11 is 0. The number of aryl methyl sites for hydroxylation is 1. The molecule has 1 aromatic rings. The van der Waals surface area contributed by atoms with Crippen LogP contribution in [0.25, 0.3) is 0 Å². The highest BCUT2D eigenvalue weighted by Crippen LogP contribution is 2.25. The normalized spacial score (nSPS) is 27.2. The molecular weight excluding hydrogens is 370 g/mol. The fourth-order valence-corrected chi connectivity index (χ4v) is 4.07. The molecule has 0 heterocycles. The number of hydrogen-bond acceptors (Lipinski definition) is 7. The number of rotatable bonds is 7. The molecule has 2 saturated carbocycles. The second kappa shape index (κ2) is 10.0. The summed E-state index contributed by atoms with van der Waals surface area (Å²) in [7, 11) is 0. The van der Waals surface area contributed by atoms with E-state index in [4.69, 9.17) is 16.3 Å². The van der Waals surface area contributed by atoms with Crippen molar-refractivity contribution in [1.82, 2.24) is 10.9 Å². The van der Waals surface area contributed by atoms with Gasteiger partial charge in [-0.1, -0.05) is 0 Å². The van der Waals surface area contributed by atoms with Gasteiger partial charge < -0.3 is 21.7 Å². The van der Waals surface area contributed by atoms with Crippen LogP contribution in [0.2, 0.25) is 0 Å². The van der Waals surface area contributed by atoms with E-state index in [1.54, 1.807) is 12.1 Å². The molecule has 2 aliphatic carbocycles. The first-order valence-electron chi connectivity index (χ1n) is 10.6. The first-order valence-corrected chi connectivity index (χ1v) is 10.6. The summed E-state index contributed by atoms with van der Waals surface area (Å²) in [6.07, 6.45) is 7.25. The highest BCUT2D eigenvalue weighted by molar-refractivity contribution is 5.93. The predicted octanol–water partition coefficient (Wildman–Crippen LogP) is 1.89. The lowest BCUT2D eigenvalue weighted by Crippen LogP contribution is -2.43. The number of hydroxylamine groups is 1. The molecule has 2 aliphatic rings. The van der Waals surface area contributed by atoms with Crippen molar-refractivity contribution in [2.75, 3.05) is 5.43 Å². The van der Waals surface area contributed by atoms with Crippen molar-refractivity contribution in [3.05, 3.63) is 29.3 Å². The van der Waals surface area contributed by atoms with Crippen molar-refractivity contribution in [3.63, 3.8) is 0 Å². The molecular formula is C21H33N5O3. The molecule has 8 nitrogen and oxygen atoms in total. The summed E-state index contributed by atoms with van der Waals surface area (Å²) in [6.45, 7) is 1.94. The van der Waals surface area contributed by atoms with Crippen molar-refractivity contribution in [3.8, 4) is 0 Å². The van der Waals surface area contributed by atoms with Crippen LogP contribution in [0, 0.1) is 12.8 Å². The van der Waals surface area contributed by atoms with Crippen LogP contribution >= 0.6 is 0 Å². The minimum atomic E-state index is -0.425. The van der Waals surface area contributed by atoms with Gasteiger partial charge >= 0.3 is 5.97 Å². The average Bonchev–Trinajstić information content (AvgIpc) is 2.72. The number of benzene rings is 1. The van der Waals surface area contributed by atoms with Gasteiger partial charge in [0.2, 0.25) is 5.91 Å². The smallest absolute Gasteiger partial charge is 0.327 e. The second-order valence-corrected chi connectivity index (χ2v) is 8.36. The molecule has 3 rings (SSSR count). The van der Waals surface area contributed by atoms with E-state index in [9.17, 15) is 9.59 Å². The molecule has 0 unspecified atom stereocenters. The van der Waals surface area contributed by atoms with Gasteiger partial charge in [0.25, 0.3) is 0 Å². The molecule has 160 valence electrons. The number of hydrazine groups is 1. The molecule has 1 amide bonds. The Morgan fingerprint density at radius 2 is 1.66 bits per heavy atom. The Morgan fingerprint density at radius 1 is 1.00 bits per heavy atom. The van der Waals surface area contributed by atoms with E-state index < -0.39 is 5.91 Å². The Labute approximate surface area is 172 Å². The summed E-state index contributed by atoms with van der Waals surface area (Å²) < 4.78 is 0. The lowest BCUT2D eigenvalue weighted by molar-refractivity contribution is -0.160. The van der Waals surface area contributed by atoms with Gasteiger partial charge in [-0.25, -0.2) is 5.43 Å². The van der Waals surface area contributed by atoms with Crippen LogP contribution < -0.4 is 27.8 Å². The van der Waals surface area contributed by atoms with Crippen LogP contribution in [0.4, 0.5) is 5.69 Å². The highest BCUT2D eigenvalue weighted by Gasteiger charge is 2.27. The van der Waals surface area contributed by atoms with Gasteiger partial charge in [0.05, 0.1) is 11.6 Å². The zero-order valence-electron chi connectivity index (χ0n) is 17.1. The van der Waals surface area contributed by atoms with Crippen molar-refractivity contribution in [2.45, 2.75) is 76.4 Å². The molecule has 1 aromatic carbocycles. The van der Waals surface area contributed by atoms with E-state index in [1.165, 1.54) is 0 Å². The van der Waals surface area contributed by atoms with E-state index in [0.29, 0.717) is 11.6 Å².